The van der Waals surface area contributed by atoms with Crippen molar-refractivity contribution in [1.29, 1.82) is 0 Å². The summed E-state index contributed by atoms with van der Waals surface area (Å²) in [5.74, 6) is 2.34. The summed E-state index contributed by atoms with van der Waals surface area (Å²) in [7, 11) is 1.62. The summed E-state index contributed by atoms with van der Waals surface area (Å²) in [5, 5.41) is 12.1. The van der Waals surface area contributed by atoms with E-state index in [1.165, 1.54) is 23.1 Å². The number of rotatable bonds is 7. The van der Waals surface area contributed by atoms with Gasteiger partial charge in [-0.3, -0.25) is 4.79 Å². The van der Waals surface area contributed by atoms with Crippen molar-refractivity contribution in [3.05, 3.63) is 48.0 Å². The summed E-state index contributed by atoms with van der Waals surface area (Å²) in [6.45, 7) is 1.21. The van der Waals surface area contributed by atoms with Gasteiger partial charge in [0, 0.05) is 23.7 Å². The highest BCUT2D eigenvalue weighted by atomic mass is 32.2. The zero-order valence-electron chi connectivity index (χ0n) is 15.7. The molecule has 0 unspecified atom stereocenters. The van der Waals surface area contributed by atoms with Gasteiger partial charge in [-0.05, 0) is 30.3 Å². The van der Waals surface area contributed by atoms with E-state index in [1.54, 1.807) is 25.3 Å². The maximum Gasteiger partial charge on any atom is 0.210 e. The van der Waals surface area contributed by atoms with Crippen LogP contribution < -0.4 is 19.5 Å². The molecule has 4 rings (SSSR count). The first-order valence-electron chi connectivity index (χ1n) is 9.01. The lowest BCUT2D eigenvalue weighted by Gasteiger charge is -2.08. The first kappa shape index (κ1) is 19.5. The van der Waals surface area contributed by atoms with E-state index in [-0.39, 0.29) is 11.5 Å². The smallest absolute Gasteiger partial charge is 0.210 e. The van der Waals surface area contributed by atoms with Gasteiger partial charge < -0.3 is 19.5 Å². The van der Waals surface area contributed by atoms with Gasteiger partial charge in [0.05, 0.1) is 26.1 Å². The van der Waals surface area contributed by atoms with Crippen LogP contribution in [0.15, 0.2) is 46.8 Å². The SMILES string of the molecule is COc1cccc(Nc2nnc(SCC(=O)c3ccc4c(c3)OCCCO4)s2)c1. The number of nitrogens with one attached hydrogen (secondary N) is 1. The Morgan fingerprint density at radius 3 is 2.90 bits per heavy atom. The van der Waals surface area contributed by atoms with E-state index in [1.807, 2.05) is 24.3 Å². The quantitative estimate of drug-likeness (QED) is 0.436. The van der Waals surface area contributed by atoms with Crippen LogP contribution in [0.3, 0.4) is 0 Å². The number of benzene rings is 2. The average molecular weight is 430 g/mol. The molecule has 3 aromatic rings. The van der Waals surface area contributed by atoms with Crippen molar-refractivity contribution in [2.24, 2.45) is 0 Å². The second kappa shape index (κ2) is 9.15. The number of hydrogen-bond acceptors (Lipinski definition) is 9. The van der Waals surface area contributed by atoms with Gasteiger partial charge in [0.1, 0.15) is 5.75 Å². The molecule has 1 aliphatic heterocycles. The van der Waals surface area contributed by atoms with Gasteiger partial charge in [0.25, 0.3) is 0 Å². The van der Waals surface area contributed by atoms with E-state index in [0.29, 0.717) is 35.4 Å². The lowest BCUT2D eigenvalue weighted by molar-refractivity contribution is 0.102. The third-order valence-electron chi connectivity index (χ3n) is 4.12. The van der Waals surface area contributed by atoms with Crippen LogP contribution in [0, 0.1) is 0 Å². The minimum Gasteiger partial charge on any atom is -0.497 e. The highest BCUT2D eigenvalue weighted by Gasteiger charge is 2.15. The fourth-order valence-electron chi connectivity index (χ4n) is 2.69. The summed E-state index contributed by atoms with van der Waals surface area (Å²) in [5.41, 5.74) is 1.46. The molecule has 0 fully saturated rings. The number of fused-ring (bicyclic) bond motifs is 1. The van der Waals surface area contributed by atoms with Crippen LogP contribution in [0.4, 0.5) is 10.8 Å². The zero-order valence-corrected chi connectivity index (χ0v) is 17.3. The third-order valence-corrected chi connectivity index (χ3v) is 6.10. The number of carbonyl (C=O) groups excluding carboxylic acids is 1. The number of hydrogen-bond donors (Lipinski definition) is 1. The van der Waals surface area contributed by atoms with Crippen LogP contribution in [0.1, 0.15) is 16.8 Å². The van der Waals surface area contributed by atoms with Crippen molar-refractivity contribution >= 4 is 39.7 Å². The molecule has 0 saturated heterocycles. The van der Waals surface area contributed by atoms with E-state index in [0.717, 1.165) is 22.2 Å². The van der Waals surface area contributed by atoms with Gasteiger partial charge in [-0.25, -0.2) is 0 Å². The van der Waals surface area contributed by atoms with Crippen LogP contribution in [-0.4, -0.2) is 42.1 Å². The Morgan fingerprint density at radius 2 is 2.03 bits per heavy atom. The summed E-state index contributed by atoms with van der Waals surface area (Å²) in [6, 6.07) is 12.9. The van der Waals surface area contributed by atoms with E-state index < -0.39 is 0 Å². The van der Waals surface area contributed by atoms with Crippen molar-refractivity contribution in [2.75, 3.05) is 31.4 Å². The minimum absolute atomic E-state index is 0.00292. The Hall–Kier alpha value is -2.78. The molecule has 2 heterocycles. The number of anilines is 2. The highest BCUT2D eigenvalue weighted by molar-refractivity contribution is 8.01. The molecule has 0 atom stereocenters. The first-order valence-corrected chi connectivity index (χ1v) is 10.8. The van der Waals surface area contributed by atoms with Gasteiger partial charge >= 0.3 is 0 Å². The molecule has 0 amide bonds. The Labute approximate surface area is 176 Å². The number of aromatic nitrogens is 2. The summed E-state index contributed by atoms with van der Waals surface area (Å²) in [6.07, 6.45) is 0.830. The van der Waals surface area contributed by atoms with Crippen LogP contribution in [0.2, 0.25) is 0 Å². The molecular formula is C20H19N3O4S2. The topological polar surface area (TPSA) is 82.6 Å². The summed E-state index contributed by atoms with van der Waals surface area (Å²) < 4.78 is 17.2. The van der Waals surface area contributed by atoms with Gasteiger partial charge in [0.15, 0.2) is 21.6 Å². The van der Waals surface area contributed by atoms with Crippen LogP contribution in [-0.2, 0) is 0 Å². The number of nitrogens with zero attached hydrogens (tertiary/aromatic N) is 2. The molecule has 0 radical (unpaired) electrons. The lowest BCUT2D eigenvalue weighted by atomic mass is 10.1. The van der Waals surface area contributed by atoms with Crippen LogP contribution in [0.5, 0.6) is 17.2 Å². The van der Waals surface area contributed by atoms with Gasteiger partial charge in [-0.2, -0.15) is 0 Å². The maximum absolute atomic E-state index is 12.6. The number of ketones is 1. The maximum atomic E-state index is 12.6. The fraction of sp³-hybridized carbons (Fsp3) is 0.250. The van der Waals surface area contributed by atoms with Crippen molar-refractivity contribution in [3.8, 4) is 17.2 Å². The van der Waals surface area contributed by atoms with Gasteiger partial charge in [-0.15, -0.1) is 10.2 Å². The number of thioether (sulfide) groups is 1. The van der Waals surface area contributed by atoms with E-state index in [4.69, 9.17) is 14.2 Å². The molecule has 150 valence electrons. The number of ether oxygens (including phenoxy) is 3. The predicted octanol–water partition coefficient (Wildman–Crippen LogP) is 4.43. The van der Waals surface area contributed by atoms with E-state index in [9.17, 15) is 4.79 Å². The lowest BCUT2D eigenvalue weighted by Crippen LogP contribution is -2.03. The number of Topliss-reactive ketones (excluding diaryl/α,β-unsaturated/α-hetero) is 1. The largest absolute Gasteiger partial charge is 0.497 e. The molecular weight excluding hydrogens is 410 g/mol. The average Bonchev–Trinajstić information content (AvgIpc) is 3.05. The molecule has 0 spiro atoms. The van der Waals surface area contributed by atoms with E-state index >= 15 is 0 Å². The number of carbonyl (C=O) groups is 1. The standard InChI is InChI=1S/C20H19N3O4S2/c1-25-15-5-2-4-14(11-15)21-19-22-23-20(29-19)28-12-16(24)13-6-7-17-18(10-13)27-9-3-8-26-17/h2,4-7,10-11H,3,8-9,12H2,1H3,(H,21,22). The molecule has 2 aromatic carbocycles. The van der Waals surface area contributed by atoms with Gasteiger partial charge in [-0.1, -0.05) is 29.2 Å². The number of methoxy groups -OCH3 is 1. The Morgan fingerprint density at radius 1 is 1.17 bits per heavy atom. The Bertz CT molecular complexity index is 1010. The Kier molecular flexibility index (Phi) is 6.16. The molecule has 1 aromatic heterocycles. The normalized spacial score (nSPS) is 12.9. The van der Waals surface area contributed by atoms with Crippen molar-refractivity contribution in [1.82, 2.24) is 10.2 Å². The third kappa shape index (κ3) is 4.99. The summed E-state index contributed by atoms with van der Waals surface area (Å²) >= 11 is 2.76. The highest BCUT2D eigenvalue weighted by Crippen LogP contribution is 2.32. The molecule has 0 saturated carbocycles. The molecule has 0 aliphatic carbocycles. The first-order chi connectivity index (χ1) is 14.2. The van der Waals surface area contributed by atoms with Gasteiger partial charge in [0.2, 0.25) is 5.13 Å². The van der Waals surface area contributed by atoms with Crippen molar-refractivity contribution in [3.63, 3.8) is 0 Å². The van der Waals surface area contributed by atoms with Crippen LogP contribution >= 0.6 is 23.1 Å². The second-order valence-electron chi connectivity index (χ2n) is 6.15. The monoisotopic (exact) mass is 429 g/mol. The molecule has 29 heavy (non-hydrogen) atoms. The van der Waals surface area contributed by atoms with E-state index in [2.05, 4.69) is 15.5 Å². The predicted molar refractivity (Wildman–Crippen MR) is 113 cm³/mol. The molecule has 1 aliphatic rings. The molecule has 7 nitrogen and oxygen atoms in total. The van der Waals surface area contributed by atoms with Crippen molar-refractivity contribution < 1.29 is 19.0 Å². The molecule has 1 N–H and O–H groups in total. The second-order valence-corrected chi connectivity index (χ2v) is 8.35. The molecule has 9 heteroatoms. The Balaban J connectivity index is 1.36. The van der Waals surface area contributed by atoms with Crippen LogP contribution in [0.25, 0.3) is 0 Å². The minimum atomic E-state index is 0.00292. The summed E-state index contributed by atoms with van der Waals surface area (Å²) in [4.78, 5) is 12.6. The fourth-order valence-corrected chi connectivity index (χ4v) is 4.36. The van der Waals surface area contributed by atoms with Crippen molar-refractivity contribution in [2.45, 2.75) is 10.8 Å². The molecule has 0 bridgehead atoms. The zero-order chi connectivity index (χ0) is 20.1.